The van der Waals surface area contributed by atoms with E-state index in [2.05, 4.69) is 4.90 Å². The summed E-state index contributed by atoms with van der Waals surface area (Å²) in [5.41, 5.74) is -0.509. The molecule has 2 aromatic carbocycles. The third-order valence-electron chi connectivity index (χ3n) is 8.98. The summed E-state index contributed by atoms with van der Waals surface area (Å²) >= 11 is 0. The van der Waals surface area contributed by atoms with Crippen LogP contribution < -0.4 is 0 Å². The van der Waals surface area contributed by atoms with E-state index in [9.17, 15) is 30.0 Å². The summed E-state index contributed by atoms with van der Waals surface area (Å²) < 4.78 is 18.0. The highest BCUT2D eigenvalue weighted by Crippen LogP contribution is 2.49. The first-order chi connectivity index (χ1) is 19.1. The molecule has 0 saturated carbocycles. The van der Waals surface area contributed by atoms with Crippen LogP contribution in [0.1, 0.15) is 82.2 Å². The Bertz CT molecular complexity index is 1350. The molecule has 4 N–H and O–H groups in total. The van der Waals surface area contributed by atoms with Gasteiger partial charge in [-0.1, -0.05) is 19.1 Å². The van der Waals surface area contributed by atoms with Gasteiger partial charge in [0.2, 0.25) is 5.78 Å². The quantitative estimate of drug-likeness (QED) is 0.379. The van der Waals surface area contributed by atoms with E-state index in [0.29, 0.717) is 50.3 Å². The Morgan fingerprint density at radius 2 is 1.85 bits per heavy atom. The molecule has 0 unspecified atom stereocenters. The van der Waals surface area contributed by atoms with Gasteiger partial charge >= 0.3 is 0 Å². The Hall–Kier alpha value is -2.86. The van der Waals surface area contributed by atoms with Gasteiger partial charge in [0.25, 0.3) is 0 Å². The lowest BCUT2D eigenvalue weighted by molar-refractivity contribution is -0.261. The summed E-state index contributed by atoms with van der Waals surface area (Å²) in [6.07, 6.45) is -1.74. The highest BCUT2D eigenvalue weighted by Gasteiger charge is 2.46. The van der Waals surface area contributed by atoms with Gasteiger partial charge in [0.15, 0.2) is 12.1 Å². The van der Waals surface area contributed by atoms with Crippen molar-refractivity contribution >= 4 is 11.6 Å². The molecule has 214 valence electrons. The molecule has 2 heterocycles. The maximum Gasteiger partial charge on any atom is 0.201 e. The molecule has 40 heavy (non-hydrogen) atoms. The number of morpholine rings is 1. The number of aliphatic hydroxyl groups is 2. The van der Waals surface area contributed by atoms with Crippen LogP contribution in [0.25, 0.3) is 0 Å². The number of hydrogen-bond donors (Lipinski definition) is 4. The average molecular weight is 554 g/mol. The van der Waals surface area contributed by atoms with E-state index >= 15 is 0 Å². The fraction of sp³-hybridized carbons (Fsp3) is 0.533. The zero-order chi connectivity index (χ0) is 28.3. The van der Waals surface area contributed by atoms with Gasteiger partial charge in [-0.25, -0.2) is 0 Å². The number of rotatable bonds is 4. The average Bonchev–Trinajstić information content (AvgIpc) is 2.93. The number of nitrogens with zero attached hydrogens (tertiary/aromatic N) is 1. The van der Waals surface area contributed by atoms with E-state index in [4.69, 9.17) is 14.2 Å². The molecule has 0 radical (unpaired) electrons. The maximum atomic E-state index is 13.5. The predicted octanol–water partition coefficient (Wildman–Crippen LogP) is 2.21. The number of aromatic hydroxyl groups is 2. The fourth-order valence-corrected chi connectivity index (χ4v) is 6.72. The first-order valence-electron chi connectivity index (χ1n) is 13.9. The first-order valence-corrected chi connectivity index (χ1v) is 13.9. The van der Waals surface area contributed by atoms with Crippen molar-refractivity contribution in [3.63, 3.8) is 0 Å². The molecule has 6 rings (SSSR count). The van der Waals surface area contributed by atoms with Crippen LogP contribution in [0.5, 0.6) is 11.5 Å². The minimum Gasteiger partial charge on any atom is -0.507 e. The molecule has 0 aromatic heterocycles. The van der Waals surface area contributed by atoms with Crippen LogP contribution in [0.3, 0.4) is 0 Å². The molecule has 2 aromatic rings. The molecule has 0 spiro atoms. The van der Waals surface area contributed by atoms with Crippen molar-refractivity contribution in [1.29, 1.82) is 0 Å². The summed E-state index contributed by atoms with van der Waals surface area (Å²) in [5.74, 6) is -1.83. The van der Waals surface area contributed by atoms with Crippen LogP contribution in [0.4, 0.5) is 0 Å². The molecule has 2 saturated heterocycles. The molecular formula is C30H35NO9. The smallest absolute Gasteiger partial charge is 0.201 e. The van der Waals surface area contributed by atoms with Crippen molar-refractivity contribution in [3.8, 4) is 11.5 Å². The standard InChI is InChI=1S/C30H35NO9/c1-3-30(37)13-16-11-18-25(29(36)24-17(27(18)34)5-4-6-20(24)32)28(35)23(16)21(14-30)40-22-12-19(26(33)15(2)39-22)31-7-9-38-10-8-31/h4-6,11,15,19,21-22,26,32-33,35,37H,3,7-10,12-14H2,1-2H3/t15-,19-,21-,22-,26+,30-/m0/s1. The third kappa shape index (κ3) is 4.43. The van der Waals surface area contributed by atoms with Crippen LogP contribution >= 0.6 is 0 Å². The van der Waals surface area contributed by atoms with E-state index in [1.165, 1.54) is 18.2 Å². The van der Waals surface area contributed by atoms with Gasteiger partial charge in [-0.05, 0) is 31.0 Å². The largest absolute Gasteiger partial charge is 0.507 e. The van der Waals surface area contributed by atoms with E-state index < -0.39 is 41.8 Å². The SMILES string of the molecule is CC[C@]1(O)Cc2cc3c(c(O)c2[C@@H](O[C@H]2C[C@H](N4CCOCC4)[C@H](O)[C@H](C)O2)C1)C(=O)c1c(O)cccc1C3=O. The van der Waals surface area contributed by atoms with Gasteiger partial charge in [-0.15, -0.1) is 0 Å². The van der Waals surface area contributed by atoms with Gasteiger partial charge < -0.3 is 34.6 Å². The topological polar surface area (TPSA) is 146 Å². The molecule has 6 atom stereocenters. The second-order valence-corrected chi connectivity index (χ2v) is 11.4. The van der Waals surface area contributed by atoms with E-state index in [-0.39, 0.29) is 52.6 Å². The van der Waals surface area contributed by atoms with Gasteiger partial charge in [0.05, 0.1) is 48.3 Å². The zero-order valence-corrected chi connectivity index (χ0v) is 22.6. The second-order valence-electron chi connectivity index (χ2n) is 11.4. The van der Waals surface area contributed by atoms with Crippen molar-refractivity contribution in [3.05, 3.63) is 57.6 Å². The number of fused-ring (bicyclic) bond motifs is 3. The normalized spacial score (nSPS) is 32.4. The van der Waals surface area contributed by atoms with Gasteiger partial charge in [-0.2, -0.15) is 0 Å². The lowest BCUT2D eigenvalue weighted by atomic mass is 9.73. The first kappa shape index (κ1) is 27.3. The van der Waals surface area contributed by atoms with Gasteiger partial charge in [0, 0.05) is 55.1 Å². The highest BCUT2D eigenvalue weighted by molar-refractivity contribution is 6.30. The molecule has 0 amide bonds. The number of phenolic OH excluding ortho intramolecular Hbond substituents is 2. The molecular weight excluding hydrogens is 518 g/mol. The van der Waals surface area contributed by atoms with Crippen molar-refractivity contribution in [2.24, 2.45) is 0 Å². The number of benzene rings is 2. The molecule has 0 bridgehead atoms. The molecule has 10 nitrogen and oxygen atoms in total. The number of ketones is 2. The molecule has 10 heteroatoms. The molecule has 2 fully saturated rings. The minimum absolute atomic E-state index is 0.0384. The zero-order valence-electron chi connectivity index (χ0n) is 22.6. The number of aliphatic hydroxyl groups excluding tert-OH is 1. The van der Waals surface area contributed by atoms with E-state index in [0.717, 1.165) is 0 Å². The van der Waals surface area contributed by atoms with Gasteiger partial charge in [-0.3, -0.25) is 14.5 Å². The van der Waals surface area contributed by atoms with Crippen molar-refractivity contribution in [2.75, 3.05) is 26.3 Å². The van der Waals surface area contributed by atoms with Crippen LogP contribution in [-0.2, 0) is 20.6 Å². The Kier molecular flexibility index (Phi) is 6.97. The summed E-state index contributed by atoms with van der Waals surface area (Å²) in [5, 5.41) is 44.3. The highest BCUT2D eigenvalue weighted by atomic mass is 16.7. The van der Waals surface area contributed by atoms with Crippen molar-refractivity contribution in [2.45, 2.75) is 75.8 Å². The Balaban J connectivity index is 1.38. The fourth-order valence-electron chi connectivity index (χ4n) is 6.72. The number of carbonyl (C=O) groups is 2. The van der Waals surface area contributed by atoms with Gasteiger partial charge in [0.1, 0.15) is 11.5 Å². The van der Waals surface area contributed by atoms with Crippen LogP contribution in [-0.4, -0.2) is 93.3 Å². The molecule has 4 aliphatic rings. The number of phenols is 2. The van der Waals surface area contributed by atoms with Crippen LogP contribution in [0.2, 0.25) is 0 Å². The lowest BCUT2D eigenvalue weighted by Crippen LogP contribution is -2.57. The Labute approximate surface area is 232 Å². The molecule has 2 aliphatic carbocycles. The van der Waals surface area contributed by atoms with Crippen LogP contribution in [0.15, 0.2) is 24.3 Å². The summed E-state index contributed by atoms with van der Waals surface area (Å²) in [6.45, 7) is 6.16. The minimum atomic E-state index is -1.17. The van der Waals surface area contributed by atoms with E-state index in [1.807, 2.05) is 6.92 Å². The third-order valence-corrected chi connectivity index (χ3v) is 8.98. The number of carbonyl (C=O) groups excluding carboxylic acids is 2. The van der Waals surface area contributed by atoms with Crippen molar-refractivity contribution in [1.82, 2.24) is 4.90 Å². The predicted molar refractivity (Wildman–Crippen MR) is 142 cm³/mol. The molecule has 2 aliphatic heterocycles. The summed E-state index contributed by atoms with van der Waals surface area (Å²) in [7, 11) is 0. The van der Waals surface area contributed by atoms with Crippen LogP contribution in [0, 0.1) is 0 Å². The number of hydrogen-bond acceptors (Lipinski definition) is 10. The number of ether oxygens (including phenoxy) is 3. The Morgan fingerprint density at radius 3 is 2.58 bits per heavy atom. The lowest BCUT2D eigenvalue weighted by Gasteiger charge is -2.46. The summed E-state index contributed by atoms with van der Waals surface area (Å²) in [4.78, 5) is 29.1. The van der Waals surface area contributed by atoms with Crippen molar-refractivity contribution < 1.29 is 44.2 Å². The summed E-state index contributed by atoms with van der Waals surface area (Å²) in [6, 6.07) is 5.65. The Morgan fingerprint density at radius 1 is 1.10 bits per heavy atom. The monoisotopic (exact) mass is 553 g/mol. The van der Waals surface area contributed by atoms with E-state index in [1.54, 1.807) is 13.0 Å². The second kappa shape index (κ2) is 10.2. The maximum absolute atomic E-state index is 13.5.